The maximum Gasteiger partial charge on any atom is 0.0762 e. The van der Waals surface area contributed by atoms with Gasteiger partial charge < -0.3 is 5.32 Å². The Kier molecular flexibility index (Phi) is 2.69. The molecular formula is C14H17N3. The predicted molar refractivity (Wildman–Crippen MR) is 67.6 cm³/mol. The van der Waals surface area contributed by atoms with Crippen molar-refractivity contribution in [2.45, 2.75) is 24.9 Å². The quantitative estimate of drug-likeness (QED) is 0.866. The highest BCUT2D eigenvalue weighted by molar-refractivity contribution is 5.27. The normalized spacial score (nSPS) is 22.6. The van der Waals surface area contributed by atoms with Crippen LogP contribution in [0.15, 0.2) is 42.6 Å². The summed E-state index contributed by atoms with van der Waals surface area (Å²) in [6.07, 6.45) is 3.23. The smallest absolute Gasteiger partial charge is 0.0762 e. The molecule has 88 valence electrons. The lowest BCUT2D eigenvalue weighted by molar-refractivity contribution is 0.642. The van der Waals surface area contributed by atoms with Crippen molar-refractivity contribution in [3.05, 3.63) is 53.9 Å². The molecule has 1 fully saturated rings. The molecular weight excluding hydrogens is 210 g/mol. The van der Waals surface area contributed by atoms with E-state index >= 15 is 0 Å². The molecule has 1 aliphatic rings. The molecule has 3 nitrogen and oxygen atoms in total. The molecule has 0 spiro atoms. The van der Waals surface area contributed by atoms with Gasteiger partial charge in [-0.05, 0) is 18.1 Å². The maximum absolute atomic E-state index is 4.36. The lowest BCUT2D eigenvalue weighted by Crippen LogP contribution is -2.17. The molecule has 0 radical (unpaired) electrons. The van der Waals surface area contributed by atoms with E-state index in [0.29, 0.717) is 12.0 Å². The topological polar surface area (TPSA) is 29.9 Å². The van der Waals surface area contributed by atoms with Crippen LogP contribution in [0, 0.1) is 0 Å². The van der Waals surface area contributed by atoms with Crippen LogP contribution in [0.2, 0.25) is 0 Å². The molecule has 17 heavy (non-hydrogen) atoms. The first-order chi connectivity index (χ1) is 8.33. The van der Waals surface area contributed by atoms with Crippen LogP contribution in [0.1, 0.15) is 23.6 Å². The number of benzene rings is 1. The fourth-order valence-electron chi connectivity index (χ4n) is 2.28. The van der Waals surface area contributed by atoms with Crippen LogP contribution in [0.4, 0.5) is 0 Å². The number of nitrogens with zero attached hydrogens (tertiary/aromatic N) is 2. The van der Waals surface area contributed by atoms with E-state index in [1.54, 1.807) is 0 Å². The molecule has 3 heteroatoms. The molecule has 0 saturated heterocycles. The Bertz CT molecular complexity index is 489. The molecule has 1 heterocycles. The Labute approximate surface area is 101 Å². The highest BCUT2D eigenvalue weighted by Crippen LogP contribution is 2.40. The highest BCUT2D eigenvalue weighted by atomic mass is 15.3. The number of hydrogen-bond acceptors (Lipinski definition) is 2. The molecule has 2 unspecified atom stereocenters. The monoisotopic (exact) mass is 227 g/mol. The molecule has 1 saturated carbocycles. The average Bonchev–Trinajstić information content (AvgIpc) is 3.03. The first-order valence-electron chi connectivity index (χ1n) is 6.10. The van der Waals surface area contributed by atoms with E-state index in [0.717, 1.165) is 12.2 Å². The van der Waals surface area contributed by atoms with Gasteiger partial charge in [0.1, 0.15) is 0 Å². The Balaban J connectivity index is 1.53. The van der Waals surface area contributed by atoms with Gasteiger partial charge in [0.2, 0.25) is 0 Å². The summed E-state index contributed by atoms with van der Waals surface area (Å²) in [5, 5.41) is 7.92. The van der Waals surface area contributed by atoms with Crippen molar-refractivity contribution in [2.24, 2.45) is 7.05 Å². The van der Waals surface area contributed by atoms with Crippen molar-refractivity contribution in [3.63, 3.8) is 0 Å². The molecule has 1 aromatic carbocycles. The van der Waals surface area contributed by atoms with E-state index in [2.05, 4.69) is 46.8 Å². The zero-order valence-corrected chi connectivity index (χ0v) is 10.0. The third kappa shape index (κ3) is 2.39. The van der Waals surface area contributed by atoms with Crippen molar-refractivity contribution >= 4 is 0 Å². The summed E-state index contributed by atoms with van der Waals surface area (Å²) in [7, 11) is 1.95. The first kappa shape index (κ1) is 10.5. The van der Waals surface area contributed by atoms with Crippen molar-refractivity contribution in [2.75, 3.05) is 0 Å². The summed E-state index contributed by atoms with van der Waals surface area (Å²) in [5.41, 5.74) is 2.57. The van der Waals surface area contributed by atoms with Gasteiger partial charge in [-0.1, -0.05) is 30.3 Å². The molecule has 2 aromatic rings. The fourth-order valence-corrected chi connectivity index (χ4v) is 2.28. The Hall–Kier alpha value is -1.61. The van der Waals surface area contributed by atoms with Gasteiger partial charge in [0.15, 0.2) is 0 Å². The third-order valence-electron chi connectivity index (χ3n) is 3.33. The minimum Gasteiger partial charge on any atom is -0.308 e. The minimum atomic E-state index is 0.624. The first-order valence-corrected chi connectivity index (χ1v) is 6.10. The lowest BCUT2D eigenvalue weighted by Gasteiger charge is -2.02. The minimum absolute atomic E-state index is 0.624. The molecule has 0 bridgehead atoms. The van der Waals surface area contributed by atoms with Crippen LogP contribution in [0.5, 0.6) is 0 Å². The molecule has 1 N–H and O–H groups in total. The molecule has 2 atom stereocenters. The number of rotatable bonds is 4. The Morgan fingerprint density at radius 3 is 2.82 bits per heavy atom. The second-order valence-corrected chi connectivity index (χ2v) is 4.72. The summed E-state index contributed by atoms with van der Waals surface area (Å²) in [5.74, 6) is 0.694. The lowest BCUT2D eigenvalue weighted by atomic mass is 10.1. The van der Waals surface area contributed by atoms with Gasteiger partial charge in [-0.15, -0.1) is 0 Å². The number of nitrogens with one attached hydrogen (secondary N) is 1. The molecule has 0 aliphatic heterocycles. The second kappa shape index (κ2) is 4.34. The summed E-state index contributed by atoms with van der Waals surface area (Å²) < 4.78 is 1.85. The van der Waals surface area contributed by atoms with Crippen molar-refractivity contribution < 1.29 is 0 Å². The van der Waals surface area contributed by atoms with Crippen molar-refractivity contribution in [1.29, 1.82) is 0 Å². The predicted octanol–water partition coefficient (Wildman–Crippen LogP) is 2.07. The summed E-state index contributed by atoms with van der Waals surface area (Å²) >= 11 is 0. The van der Waals surface area contributed by atoms with E-state index < -0.39 is 0 Å². The highest BCUT2D eigenvalue weighted by Gasteiger charge is 2.37. The van der Waals surface area contributed by atoms with E-state index in [4.69, 9.17) is 0 Å². The van der Waals surface area contributed by atoms with Gasteiger partial charge in [0, 0.05) is 31.7 Å². The van der Waals surface area contributed by atoms with Gasteiger partial charge >= 0.3 is 0 Å². The van der Waals surface area contributed by atoms with Crippen LogP contribution in [-0.4, -0.2) is 15.8 Å². The van der Waals surface area contributed by atoms with Gasteiger partial charge in [-0.25, -0.2) is 0 Å². The number of hydrogen-bond donors (Lipinski definition) is 1. The van der Waals surface area contributed by atoms with E-state index in [1.807, 2.05) is 17.9 Å². The number of aryl methyl sites for hydroxylation is 1. The van der Waals surface area contributed by atoms with Crippen LogP contribution in [0.25, 0.3) is 0 Å². The van der Waals surface area contributed by atoms with Crippen molar-refractivity contribution in [3.8, 4) is 0 Å². The van der Waals surface area contributed by atoms with Crippen LogP contribution in [0.3, 0.4) is 0 Å². The molecule has 0 amide bonds. The molecule has 1 aromatic heterocycles. The van der Waals surface area contributed by atoms with Gasteiger partial charge in [-0.2, -0.15) is 5.10 Å². The maximum atomic E-state index is 4.36. The average molecular weight is 227 g/mol. The van der Waals surface area contributed by atoms with Gasteiger partial charge in [0.25, 0.3) is 0 Å². The Morgan fingerprint density at radius 2 is 2.12 bits per heavy atom. The van der Waals surface area contributed by atoms with Crippen LogP contribution in [-0.2, 0) is 13.6 Å². The molecule has 1 aliphatic carbocycles. The van der Waals surface area contributed by atoms with Crippen LogP contribution >= 0.6 is 0 Å². The summed E-state index contributed by atoms with van der Waals surface area (Å²) in [4.78, 5) is 0. The van der Waals surface area contributed by atoms with Gasteiger partial charge in [0.05, 0.1) is 5.69 Å². The standard InChI is InChI=1S/C14H17N3/c1-17-8-7-12(16-17)10-15-14-9-13(14)11-5-3-2-4-6-11/h2-8,13-15H,9-10H2,1H3. The second-order valence-electron chi connectivity index (χ2n) is 4.72. The zero-order chi connectivity index (χ0) is 11.7. The van der Waals surface area contributed by atoms with E-state index in [1.165, 1.54) is 12.0 Å². The largest absolute Gasteiger partial charge is 0.308 e. The zero-order valence-electron chi connectivity index (χ0n) is 10.0. The van der Waals surface area contributed by atoms with Crippen LogP contribution < -0.4 is 5.32 Å². The Morgan fingerprint density at radius 1 is 1.29 bits per heavy atom. The number of aromatic nitrogens is 2. The van der Waals surface area contributed by atoms with Gasteiger partial charge in [-0.3, -0.25) is 4.68 Å². The third-order valence-corrected chi connectivity index (χ3v) is 3.33. The van der Waals surface area contributed by atoms with E-state index in [-0.39, 0.29) is 0 Å². The fraction of sp³-hybridized carbons (Fsp3) is 0.357. The van der Waals surface area contributed by atoms with Crippen molar-refractivity contribution in [1.82, 2.24) is 15.1 Å². The summed E-state index contributed by atoms with van der Waals surface area (Å²) in [6.45, 7) is 0.870. The summed E-state index contributed by atoms with van der Waals surface area (Å²) in [6, 6.07) is 13.4. The molecule has 3 rings (SSSR count). The SMILES string of the molecule is Cn1ccc(CNC2CC2c2ccccc2)n1. The van der Waals surface area contributed by atoms with E-state index in [9.17, 15) is 0 Å².